The Hall–Kier alpha value is -1.71. The Kier molecular flexibility index (Phi) is 5.64. The van der Waals surface area contributed by atoms with Crippen LogP contribution in [0.4, 0.5) is 5.69 Å². The average Bonchev–Trinajstić information content (AvgIpc) is 3.06. The van der Waals surface area contributed by atoms with Crippen LogP contribution in [0.15, 0.2) is 62.6 Å². The molecule has 1 heterocycles. The van der Waals surface area contributed by atoms with Crippen molar-refractivity contribution in [3.8, 4) is 5.69 Å². The predicted molar refractivity (Wildman–Crippen MR) is 100 cm³/mol. The predicted octanol–water partition coefficient (Wildman–Crippen LogP) is 3.92. The Morgan fingerprint density at radius 1 is 1.12 bits per heavy atom. The topological polar surface area (TPSA) is 72.7 Å². The van der Waals surface area contributed by atoms with Crippen molar-refractivity contribution in [2.75, 3.05) is 11.1 Å². The Morgan fingerprint density at radius 3 is 2.67 bits per heavy atom. The maximum absolute atomic E-state index is 12.1. The molecule has 6 nitrogen and oxygen atoms in total. The van der Waals surface area contributed by atoms with Gasteiger partial charge in [-0.05, 0) is 72.6 Å². The number of thioether (sulfide) groups is 1. The van der Waals surface area contributed by atoms with E-state index in [9.17, 15) is 4.79 Å². The van der Waals surface area contributed by atoms with Gasteiger partial charge in [-0.3, -0.25) is 4.79 Å². The van der Waals surface area contributed by atoms with E-state index in [4.69, 9.17) is 0 Å². The van der Waals surface area contributed by atoms with Crippen molar-refractivity contribution in [3.05, 3.63) is 57.5 Å². The summed E-state index contributed by atoms with van der Waals surface area (Å²) in [5.74, 6) is 0.0813. The number of nitrogens with zero attached hydrogens (tertiary/aromatic N) is 4. The number of hydrogen-bond acceptors (Lipinski definition) is 5. The average molecular weight is 469 g/mol. The zero-order chi connectivity index (χ0) is 16.9. The second kappa shape index (κ2) is 7.91. The Morgan fingerprint density at radius 2 is 1.92 bits per heavy atom. The fourth-order valence-electron chi connectivity index (χ4n) is 1.90. The van der Waals surface area contributed by atoms with E-state index in [1.54, 1.807) is 4.68 Å². The highest BCUT2D eigenvalue weighted by Gasteiger charge is 2.11. The van der Waals surface area contributed by atoms with Crippen molar-refractivity contribution in [1.29, 1.82) is 0 Å². The molecule has 0 aliphatic heterocycles. The number of nitrogens with one attached hydrogen (secondary N) is 1. The van der Waals surface area contributed by atoms with Gasteiger partial charge in [0.25, 0.3) is 0 Å². The van der Waals surface area contributed by atoms with Crippen molar-refractivity contribution in [2.45, 2.75) is 5.16 Å². The van der Waals surface area contributed by atoms with Crippen LogP contribution in [0.25, 0.3) is 5.69 Å². The lowest BCUT2D eigenvalue weighted by Crippen LogP contribution is -2.14. The number of anilines is 1. The third-order valence-electron chi connectivity index (χ3n) is 2.98. The molecule has 0 aliphatic rings. The van der Waals surface area contributed by atoms with E-state index in [2.05, 4.69) is 52.7 Å². The van der Waals surface area contributed by atoms with Gasteiger partial charge in [-0.2, -0.15) is 4.68 Å². The zero-order valence-electron chi connectivity index (χ0n) is 12.2. The summed E-state index contributed by atoms with van der Waals surface area (Å²) in [6.45, 7) is 0. The van der Waals surface area contributed by atoms with Gasteiger partial charge in [0, 0.05) is 14.6 Å². The van der Waals surface area contributed by atoms with Gasteiger partial charge in [-0.25, -0.2) is 0 Å². The summed E-state index contributed by atoms with van der Waals surface area (Å²) in [7, 11) is 0. The van der Waals surface area contributed by atoms with Crippen LogP contribution < -0.4 is 5.32 Å². The number of benzene rings is 2. The van der Waals surface area contributed by atoms with Gasteiger partial charge < -0.3 is 5.32 Å². The summed E-state index contributed by atoms with van der Waals surface area (Å²) in [6.07, 6.45) is 0. The summed E-state index contributed by atoms with van der Waals surface area (Å²) in [5, 5.41) is 15.0. The monoisotopic (exact) mass is 467 g/mol. The molecule has 0 saturated heterocycles. The largest absolute Gasteiger partial charge is 0.325 e. The first-order valence-corrected chi connectivity index (χ1v) is 9.42. The minimum Gasteiger partial charge on any atom is -0.325 e. The highest BCUT2D eigenvalue weighted by Crippen LogP contribution is 2.26. The number of amides is 1. The van der Waals surface area contributed by atoms with Crippen molar-refractivity contribution >= 4 is 55.2 Å². The van der Waals surface area contributed by atoms with E-state index in [1.165, 1.54) is 11.8 Å². The number of para-hydroxylation sites is 1. The molecule has 3 aromatic rings. The summed E-state index contributed by atoms with van der Waals surface area (Å²) in [4.78, 5) is 12.1. The van der Waals surface area contributed by atoms with Crippen LogP contribution >= 0.6 is 43.6 Å². The number of hydrogen-bond donors (Lipinski definition) is 1. The second-order valence-corrected chi connectivity index (χ2v) is 7.33. The third-order valence-corrected chi connectivity index (χ3v) is 5.78. The summed E-state index contributed by atoms with van der Waals surface area (Å²) in [6, 6.07) is 15.1. The van der Waals surface area contributed by atoms with Crippen LogP contribution in [0.5, 0.6) is 0 Å². The number of aromatic nitrogens is 4. The molecule has 0 aliphatic carbocycles. The molecule has 122 valence electrons. The molecule has 0 unspecified atom stereocenters. The van der Waals surface area contributed by atoms with Crippen LogP contribution in [0.1, 0.15) is 0 Å². The van der Waals surface area contributed by atoms with Crippen LogP contribution in [-0.2, 0) is 4.79 Å². The molecule has 24 heavy (non-hydrogen) atoms. The van der Waals surface area contributed by atoms with Crippen LogP contribution in [0, 0.1) is 0 Å². The van der Waals surface area contributed by atoms with Crippen molar-refractivity contribution in [2.24, 2.45) is 0 Å². The SMILES string of the molecule is O=C(CSc1nnnn1-c1ccccc1)Nc1ccc(Br)c(Br)c1. The lowest BCUT2D eigenvalue weighted by molar-refractivity contribution is -0.113. The van der Waals surface area contributed by atoms with Gasteiger partial charge >= 0.3 is 0 Å². The minimum absolute atomic E-state index is 0.128. The smallest absolute Gasteiger partial charge is 0.234 e. The van der Waals surface area contributed by atoms with Crippen LogP contribution in [0.2, 0.25) is 0 Å². The lowest BCUT2D eigenvalue weighted by atomic mass is 10.3. The molecule has 1 amide bonds. The lowest BCUT2D eigenvalue weighted by Gasteiger charge is -2.07. The first kappa shape index (κ1) is 17.1. The highest BCUT2D eigenvalue weighted by atomic mass is 79.9. The van der Waals surface area contributed by atoms with Crippen LogP contribution in [-0.4, -0.2) is 31.9 Å². The first-order chi connectivity index (χ1) is 11.6. The molecule has 9 heteroatoms. The fourth-order valence-corrected chi connectivity index (χ4v) is 3.22. The second-order valence-electron chi connectivity index (χ2n) is 4.67. The Bertz CT molecular complexity index is 856. The Labute approximate surface area is 159 Å². The van der Waals surface area contributed by atoms with E-state index in [1.807, 2.05) is 48.5 Å². The maximum atomic E-state index is 12.1. The van der Waals surface area contributed by atoms with Gasteiger partial charge in [0.05, 0.1) is 11.4 Å². The molecule has 3 rings (SSSR count). The standard InChI is InChI=1S/C15H11Br2N5OS/c16-12-7-6-10(8-13(12)17)18-14(23)9-24-15-19-20-21-22(15)11-4-2-1-3-5-11/h1-8H,9H2,(H,18,23). The highest BCUT2D eigenvalue weighted by molar-refractivity contribution is 9.13. The Balaban J connectivity index is 1.63. The molecule has 0 atom stereocenters. The summed E-state index contributed by atoms with van der Waals surface area (Å²) >= 11 is 8.08. The fraction of sp³-hybridized carbons (Fsp3) is 0.0667. The number of rotatable bonds is 5. The molecule has 0 spiro atoms. The van der Waals surface area contributed by atoms with Crippen molar-refractivity contribution in [3.63, 3.8) is 0 Å². The molecule has 0 saturated carbocycles. The summed E-state index contributed by atoms with van der Waals surface area (Å²) in [5.41, 5.74) is 1.57. The van der Waals surface area contributed by atoms with Crippen molar-refractivity contribution in [1.82, 2.24) is 20.2 Å². The number of carbonyl (C=O) groups excluding carboxylic acids is 1. The molecule has 1 N–H and O–H groups in total. The van der Waals surface area contributed by atoms with Gasteiger partial charge in [-0.1, -0.05) is 30.0 Å². The molecule has 0 bridgehead atoms. The van der Waals surface area contributed by atoms with Gasteiger partial charge in [-0.15, -0.1) is 5.10 Å². The number of carbonyl (C=O) groups is 1. The van der Waals surface area contributed by atoms with Gasteiger partial charge in [0.15, 0.2) is 0 Å². The molecule has 1 aromatic heterocycles. The van der Waals surface area contributed by atoms with E-state index in [-0.39, 0.29) is 11.7 Å². The number of tetrazole rings is 1. The first-order valence-electron chi connectivity index (χ1n) is 6.85. The van der Waals surface area contributed by atoms with E-state index < -0.39 is 0 Å². The molecule has 0 fully saturated rings. The zero-order valence-corrected chi connectivity index (χ0v) is 16.2. The molecule has 2 aromatic carbocycles. The van der Waals surface area contributed by atoms with Gasteiger partial charge in [0.1, 0.15) is 0 Å². The molecular formula is C15H11Br2N5OS. The molecule has 0 radical (unpaired) electrons. The number of halogens is 2. The van der Waals surface area contributed by atoms with E-state index in [0.717, 1.165) is 20.3 Å². The van der Waals surface area contributed by atoms with E-state index in [0.29, 0.717) is 5.16 Å². The summed E-state index contributed by atoms with van der Waals surface area (Å²) < 4.78 is 3.41. The van der Waals surface area contributed by atoms with Crippen LogP contribution in [0.3, 0.4) is 0 Å². The molecular weight excluding hydrogens is 458 g/mol. The quantitative estimate of drug-likeness (QED) is 0.574. The maximum Gasteiger partial charge on any atom is 0.234 e. The third kappa shape index (κ3) is 4.22. The van der Waals surface area contributed by atoms with Gasteiger partial charge in [0.2, 0.25) is 11.1 Å². The van der Waals surface area contributed by atoms with Crippen molar-refractivity contribution < 1.29 is 4.79 Å². The van der Waals surface area contributed by atoms with E-state index >= 15 is 0 Å². The minimum atomic E-state index is -0.128. The normalized spacial score (nSPS) is 10.6.